The van der Waals surface area contributed by atoms with Crippen LogP contribution < -0.4 is 0 Å². The Morgan fingerprint density at radius 3 is 2.86 bits per heavy atom. The predicted octanol–water partition coefficient (Wildman–Crippen LogP) is 2.06. The minimum Gasteiger partial charge on any atom is -0.478 e. The van der Waals surface area contributed by atoms with E-state index < -0.39 is 5.97 Å². The lowest BCUT2D eigenvalue weighted by Crippen LogP contribution is -2.24. The fourth-order valence-corrected chi connectivity index (χ4v) is 2.73. The van der Waals surface area contributed by atoms with Crippen molar-refractivity contribution in [1.29, 1.82) is 0 Å². The highest BCUT2D eigenvalue weighted by atomic mass is 16.5. The Labute approximate surface area is 128 Å². The van der Waals surface area contributed by atoms with Crippen molar-refractivity contribution in [3.05, 3.63) is 41.3 Å². The van der Waals surface area contributed by atoms with Crippen molar-refractivity contribution in [2.45, 2.75) is 38.8 Å². The van der Waals surface area contributed by atoms with Crippen LogP contribution in [0.4, 0.5) is 0 Å². The van der Waals surface area contributed by atoms with Crippen molar-refractivity contribution in [2.75, 3.05) is 6.54 Å². The van der Waals surface area contributed by atoms with Gasteiger partial charge in [0.15, 0.2) is 5.76 Å². The third-order valence-corrected chi connectivity index (χ3v) is 3.91. The topological polar surface area (TPSA) is 92.4 Å². The van der Waals surface area contributed by atoms with Gasteiger partial charge in [-0.2, -0.15) is 0 Å². The van der Waals surface area contributed by atoms with E-state index in [1.165, 1.54) is 12.4 Å². The Morgan fingerprint density at radius 2 is 2.23 bits per heavy atom. The molecule has 0 aliphatic carbocycles. The molecule has 3 rings (SSSR count). The van der Waals surface area contributed by atoms with Crippen molar-refractivity contribution in [3.63, 3.8) is 0 Å². The zero-order chi connectivity index (χ0) is 15.5. The van der Waals surface area contributed by atoms with Crippen LogP contribution in [0.3, 0.4) is 0 Å². The van der Waals surface area contributed by atoms with Crippen LogP contribution in [0, 0.1) is 0 Å². The van der Waals surface area contributed by atoms with Gasteiger partial charge in [0.2, 0.25) is 0 Å². The average Bonchev–Trinajstić information content (AvgIpc) is 3.17. The van der Waals surface area contributed by atoms with Gasteiger partial charge in [-0.3, -0.25) is 4.90 Å². The van der Waals surface area contributed by atoms with Crippen LogP contribution >= 0.6 is 0 Å². The fourth-order valence-electron chi connectivity index (χ4n) is 2.73. The number of carbonyl (C=O) groups is 1. The number of carboxylic acids is 1. The smallest absolute Gasteiger partial charge is 0.338 e. The molecule has 0 spiro atoms. The number of carboxylic acid groups (broad SMARTS) is 1. The molecule has 7 heteroatoms. The molecule has 3 heterocycles. The Morgan fingerprint density at radius 1 is 1.45 bits per heavy atom. The van der Waals surface area contributed by atoms with Crippen LogP contribution in [-0.2, 0) is 13.0 Å². The number of aromatic carboxylic acids is 1. The highest BCUT2D eigenvalue weighted by Crippen LogP contribution is 2.31. The van der Waals surface area contributed by atoms with Gasteiger partial charge in [0, 0.05) is 18.5 Å². The first-order chi connectivity index (χ1) is 10.7. The third kappa shape index (κ3) is 2.99. The quantitative estimate of drug-likeness (QED) is 0.903. The number of aryl methyl sites for hydroxylation is 1. The lowest BCUT2D eigenvalue weighted by molar-refractivity contribution is 0.0695. The minimum atomic E-state index is -1.01. The zero-order valence-electron chi connectivity index (χ0n) is 12.4. The second-order valence-corrected chi connectivity index (χ2v) is 5.40. The van der Waals surface area contributed by atoms with Gasteiger partial charge in [-0.25, -0.2) is 14.8 Å². The molecule has 0 amide bonds. The molecule has 7 nitrogen and oxygen atoms in total. The second kappa shape index (κ2) is 6.23. The van der Waals surface area contributed by atoms with Crippen molar-refractivity contribution in [2.24, 2.45) is 0 Å². The molecule has 116 valence electrons. The van der Waals surface area contributed by atoms with E-state index in [0.717, 1.165) is 37.3 Å². The molecule has 1 fully saturated rings. The maximum atomic E-state index is 10.9. The van der Waals surface area contributed by atoms with Crippen LogP contribution in [0.25, 0.3) is 0 Å². The van der Waals surface area contributed by atoms with Crippen LogP contribution in [0.15, 0.2) is 23.0 Å². The lowest BCUT2D eigenvalue weighted by Gasteiger charge is -2.21. The van der Waals surface area contributed by atoms with Crippen molar-refractivity contribution < 1.29 is 14.4 Å². The number of rotatable bonds is 5. The first-order valence-corrected chi connectivity index (χ1v) is 7.41. The highest BCUT2D eigenvalue weighted by Gasteiger charge is 2.29. The Hall–Kier alpha value is -2.28. The zero-order valence-corrected chi connectivity index (χ0v) is 12.4. The molecule has 1 aliphatic heterocycles. The van der Waals surface area contributed by atoms with Crippen molar-refractivity contribution >= 4 is 5.97 Å². The normalized spacial score (nSPS) is 18.7. The molecule has 22 heavy (non-hydrogen) atoms. The van der Waals surface area contributed by atoms with Gasteiger partial charge in [0.05, 0.1) is 23.8 Å². The molecule has 2 aromatic heterocycles. The molecule has 1 unspecified atom stereocenters. The molecule has 1 saturated heterocycles. The van der Waals surface area contributed by atoms with Gasteiger partial charge in [-0.1, -0.05) is 12.1 Å². The van der Waals surface area contributed by atoms with E-state index in [1.807, 2.05) is 13.0 Å². The van der Waals surface area contributed by atoms with Gasteiger partial charge >= 0.3 is 5.97 Å². The van der Waals surface area contributed by atoms with E-state index in [9.17, 15) is 4.79 Å². The molecule has 0 radical (unpaired) electrons. The molecule has 1 N–H and O–H groups in total. The van der Waals surface area contributed by atoms with E-state index >= 15 is 0 Å². The molecule has 0 bridgehead atoms. The predicted molar refractivity (Wildman–Crippen MR) is 77.3 cm³/mol. The van der Waals surface area contributed by atoms with Gasteiger partial charge in [0.25, 0.3) is 0 Å². The Balaban J connectivity index is 1.73. The van der Waals surface area contributed by atoms with Gasteiger partial charge in [-0.05, 0) is 25.8 Å². The largest absolute Gasteiger partial charge is 0.478 e. The maximum absolute atomic E-state index is 10.9. The Kier molecular flexibility index (Phi) is 4.15. The maximum Gasteiger partial charge on any atom is 0.338 e. The number of hydrogen-bond acceptors (Lipinski definition) is 6. The fraction of sp³-hybridized carbons (Fsp3) is 0.467. The molecule has 1 atom stereocenters. The lowest BCUT2D eigenvalue weighted by atomic mass is 10.2. The summed E-state index contributed by atoms with van der Waals surface area (Å²) in [4.78, 5) is 21.5. The summed E-state index contributed by atoms with van der Waals surface area (Å²) in [5.74, 6) is 0.493. The van der Waals surface area contributed by atoms with Gasteiger partial charge < -0.3 is 9.63 Å². The Bertz CT molecular complexity index is 653. The average molecular weight is 302 g/mol. The molecule has 0 aromatic carbocycles. The minimum absolute atomic E-state index is 0.0954. The molecular formula is C15H18N4O3. The van der Waals surface area contributed by atoms with Crippen LogP contribution in [0.5, 0.6) is 0 Å². The molecule has 1 aliphatic rings. The summed E-state index contributed by atoms with van der Waals surface area (Å²) >= 11 is 0. The first-order valence-electron chi connectivity index (χ1n) is 7.41. The standard InChI is InChI=1S/C15H18N4O3/c1-2-11-6-12(22-18-11)9-19-5-3-4-13(19)14-16-7-10(8-17-14)15(20)21/h6-8,13H,2-5,9H2,1H3,(H,20,21). The van der Waals surface area contributed by atoms with Crippen LogP contribution in [0.1, 0.15) is 53.4 Å². The summed E-state index contributed by atoms with van der Waals surface area (Å²) in [5, 5.41) is 12.9. The van der Waals surface area contributed by atoms with E-state index in [0.29, 0.717) is 12.4 Å². The van der Waals surface area contributed by atoms with Crippen molar-refractivity contribution in [1.82, 2.24) is 20.0 Å². The molecular weight excluding hydrogens is 284 g/mol. The summed E-state index contributed by atoms with van der Waals surface area (Å²) in [7, 11) is 0. The highest BCUT2D eigenvalue weighted by molar-refractivity contribution is 5.86. The number of nitrogens with zero attached hydrogens (tertiary/aromatic N) is 4. The summed E-state index contributed by atoms with van der Waals surface area (Å²) < 4.78 is 5.34. The first kappa shape index (κ1) is 14.6. The SMILES string of the molecule is CCc1cc(CN2CCCC2c2ncc(C(=O)O)cn2)on1. The van der Waals surface area contributed by atoms with Gasteiger partial charge in [-0.15, -0.1) is 0 Å². The second-order valence-electron chi connectivity index (χ2n) is 5.40. The van der Waals surface area contributed by atoms with E-state index in [1.54, 1.807) is 0 Å². The monoisotopic (exact) mass is 302 g/mol. The molecule has 0 saturated carbocycles. The summed E-state index contributed by atoms with van der Waals surface area (Å²) in [5.41, 5.74) is 1.06. The van der Waals surface area contributed by atoms with E-state index in [-0.39, 0.29) is 11.6 Å². The van der Waals surface area contributed by atoms with E-state index in [4.69, 9.17) is 9.63 Å². The number of likely N-dealkylation sites (tertiary alicyclic amines) is 1. The summed E-state index contributed by atoms with van der Waals surface area (Å²) in [6.07, 6.45) is 5.60. The van der Waals surface area contributed by atoms with Crippen LogP contribution in [-0.4, -0.2) is 37.6 Å². The molecule has 2 aromatic rings. The number of hydrogen-bond donors (Lipinski definition) is 1. The summed E-state index contributed by atoms with van der Waals surface area (Å²) in [6, 6.07) is 2.07. The summed E-state index contributed by atoms with van der Waals surface area (Å²) in [6.45, 7) is 3.65. The van der Waals surface area contributed by atoms with Crippen molar-refractivity contribution in [3.8, 4) is 0 Å². The number of aromatic nitrogens is 3. The van der Waals surface area contributed by atoms with Crippen LogP contribution in [0.2, 0.25) is 0 Å². The van der Waals surface area contributed by atoms with Gasteiger partial charge in [0.1, 0.15) is 5.82 Å². The van der Waals surface area contributed by atoms with E-state index in [2.05, 4.69) is 20.0 Å². The third-order valence-electron chi connectivity index (χ3n) is 3.91.